The summed E-state index contributed by atoms with van der Waals surface area (Å²) in [5.41, 5.74) is 2.44. The maximum Gasteiger partial charge on any atom is 0.302 e. The zero-order valence-electron chi connectivity index (χ0n) is 24.0. The predicted octanol–water partition coefficient (Wildman–Crippen LogP) is 8.82. The summed E-state index contributed by atoms with van der Waals surface area (Å²) in [6, 6.07) is 0. The standard InChI is InChI=1S/C32H54O2/c1-21(33)34-26-13-14-30(7)24(28(26,4)5)12-15-32(9)25(30)11-10-22-23-20-27(2,3)16-17-29(23,6)18-19-31(22,32)8/h22-26H,10-20H2,1-9H3/t22-,23?,24?,25-,26+,29-,30+,31-,32-/m1/s1. The van der Waals surface area contributed by atoms with Crippen LogP contribution in [0, 0.1) is 56.2 Å². The van der Waals surface area contributed by atoms with Gasteiger partial charge in [0.15, 0.2) is 0 Å². The molecule has 0 aromatic heterocycles. The third kappa shape index (κ3) is 3.27. The topological polar surface area (TPSA) is 26.3 Å². The molecule has 0 aliphatic heterocycles. The molecule has 2 heteroatoms. The minimum atomic E-state index is -0.101. The highest BCUT2D eigenvalue weighted by molar-refractivity contribution is 5.66. The van der Waals surface area contributed by atoms with Crippen molar-refractivity contribution in [2.75, 3.05) is 0 Å². The van der Waals surface area contributed by atoms with Crippen LogP contribution in [-0.2, 0) is 9.53 Å². The van der Waals surface area contributed by atoms with Crippen molar-refractivity contribution in [3.8, 4) is 0 Å². The second-order valence-corrected chi connectivity index (χ2v) is 16.3. The Morgan fingerprint density at radius 2 is 1.35 bits per heavy atom. The normalized spacial score (nSPS) is 53.5. The molecule has 5 aliphatic carbocycles. The van der Waals surface area contributed by atoms with Crippen LogP contribution in [0.3, 0.4) is 0 Å². The number of hydrogen-bond acceptors (Lipinski definition) is 2. The van der Waals surface area contributed by atoms with Crippen LogP contribution < -0.4 is 0 Å². The molecule has 5 rings (SSSR count). The number of carbonyl (C=O) groups excluding carboxylic acids is 1. The smallest absolute Gasteiger partial charge is 0.302 e. The van der Waals surface area contributed by atoms with E-state index in [4.69, 9.17) is 4.74 Å². The Labute approximate surface area is 210 Å². The summed E-state index contributed by atoms with van der Waals surface area (Å²) in [5, 5.41) is 0. The Bertz CT molecular complexity index is 842. The first kappa shape index (κ1) is 25.1. The van der Waals surface area contributed by atoms with Gasteiger partial charge in [-0.05, 0) is 121 Å². The summed E-state index contributed by atoms with van der Waals surface area (Å²) >= 11 is 0. The quantitative estimate of drug-likeness (QED) is 0.358. The third-order valence-electron chi connectivity index (χ3n) is 13.9. The third-order valence-corrected chi connectivity index (χ3v) is 13.9. The molecule has 0 aromatic rings. The van der Waals surface area contributed by atoms with Gasteiger partial charge in [-0.25, -0.2) is 0 Å². The molecule has 2 nitrogen and oxygen atoms in total. The van der Waals surface area contributed by atoms with Crippen molar-refractivity contribution in [2.45, 2.75) is 139 Å². The average Bonchev–Trinajstić information content (AvgIpc) is 2.72. The highest BCUT2D eigenvalue weighted by Crippen LogP contribution is 2.77. The molecule has 0 aromatic carbocycles. The van der Waals surface area contributed by atoms with Gasteiger partial charge in [-0.1, -0.05) is 55.4 Å². The van der Waals surface area contributed by atoms with Crippen LogP contribution in [0.15, 0.2) is 0 Å². The van der Waals surface area contributed by atoms with Crippen molar-refractivity contribution in [3.63, 3.8) is 0 Å². The lowest BCUT2D eigenvalue weighted by Crippen LogP contribution is -2.67. The van der Waals surface area contributed by atoms with Gasteiger partial charge in [-0.15, -0.1) is 0 Å². The predicted molar refractivity (Wildman–Crippen MR) is 140 cm³/mol. The molecule has 2 unspecified atom stereocenters. The Hall–Kier alpha value is -0.530. The first-order chi connectivity index (χ1) is 15.6. The SMILES string of the molecule is CC(=O)O[C@H]1CC[C@@]2(C)C(CC[C@]3(C)[C@@H]2CC[C@@H]2C4CC(C)(C)CC[C@]4(C)CC[C@]23C)C1(C)C. The lowest BCUT2D eigenvalue weighted by atomic mass is 9.31. The highest BCUT2D eigenvalue weighted by Gasteiger charge is 2.69. The number of hydrogen-bond donors (Lipinski definition) is 0. The minimum Gasteiger partial charge on any atom is -0.462 e. The van der Waals surface area contributed by atoms with E-state index in [-0.39, 0.29) is 17.5 Å². The summed E-state index contributed by atoms with van der Waals surface area (Å²) in [4.78, 5) is 11.9. The van der Waals surface area contributed by atoms with Crippen LogP contribution in [0.4, 0.5) is 0 Å². The van der Waals surface area contributed by atoms with Gasteiger partial charge in [0, 0.05) is 12.3 Å². The Morgan fingerprint density at radius 3 is 2.03 bits per heavy atom. The van der Waals surface area contributed by atoms with E-state index in [0.29, 0.717) is 33.0 Å². The molecule has 0 N–H and O–H groups in total. The van der Waals surface area contributed by atoms with Crippen LogP contribution in [-0.4, -0.2) is 12.1 Å². The fraction of sp³-hybridized carbons (Fsp3) is 0.969. The summed E-state index contributed by atoms with van der Waals surface area (Å²) in [5.74, 6) is 3.17. The molecule has 0 bridgehead atoms. The van der Waals surface area contributed by atoms with E-state index in [1.54, 1.807) is 6.92 Å². The second kappa shape index (κ2) is 7.50. The molecular formula is C32H54O2. The van der Waals surface area contributed by atoms with E-state index < -0.39 is 0 Å². The van der Waals surface area contributed by atoms with E-state index in [1.165, 1.54) is 64.2 Å². The van der Waals surface area contributed by atoms with Gasteiger partial charge in [0.25, 0.3) is 0 Å². The van der Waals surface area contributed by atoms with Crippen molar-refractivity contribution in [1.82, 2.24) is 0 Å². The molecule has 5 saturated carbocycles. The zero-order valence-corrected chi connectivity index (χ0v) is 24.0. The van der Waals surface area contributed by atoms with Crippen molar-refractivity contribution in [3.05, 3.63) is 0 Å². The molecule has 0 saturated heterocycles. The maximum absolute atomic E-state index is 11.9. The van der Waals surface area contributed by atoms with Crippen molar-refractivity contribution < 1.29 is 9.53 Å². The minimum absolute atomic E-state index is 0.0658. The molecule has 0 heterocycles. The molecule has 9 atom stereocenters. The number of rotatable bonds is 1. The van der Waals surface area contributed by atoms with Gasteiger partial charge < -0.3 is 4.74 Å². The van der Waals surface area contributed by atoms with Gasteiger partial charge in [0.05, 0.1) is 0 Å². The van der Waals surface area contributed by atoms with Crippen LogP contribution in [0.1, 0.15) is 133 Å². The van der Waals surface area contributed by atoms with E-state index in [2.05, 4.69) is 55.4 Å². The van der Waals surface area contributed by atoms with Crippen molar-refractivity contribution in [2.24, 2.45) is 56.2 Å². The monoisotopic (exact) mass is 470 g/mol. The summed E-state index contributed by atoms with van der Waals surface area (Å²) < 4.78 is 5.92. The molecule has 0 amide bonds. The van der Waals surface area contributed by atoms with Gasteiger partial charge in [-0.3, -0.25) is 4.79 Å². The molecular weight excluding hydrogens is 416 g/mol. The van der Waals surface area contributed by atoms with Crippen LogP contribution in [0.25, 0.3) is 0 Å². The first-order valence-corrected chi connectivity index (χ1v) is 14.8. The second-order valence-electron chi connectivity index (χ2n) is 16.3. The van der Waals surface area contributed by atoms with Crippen LogP contribution >= 0.6 is 0 Å². The Balaban J connectivity index is 1.48. The fourth-order valence-corrected chi connectivity index (χ4v) is 11.7. The number of esters is 1. The average molecular weight is 471 g/mol. The number of fused-ring (bicyclic) bond motifs is 7. The maximum atomic E-state index is 11.9. The largest absolute Gasteiger partial charge is 0.462 e. The molecule has 0 spiro atoms. The van der Waals surface area contributed by atoms with E-state index in [1.807, 2.05) is 0 Å². The number of ether oxygens (including phenoxy) is 1. The lowest BCUT2D eigenvalue weighted by Gasteiger charge is -2.73. The molecule has 5 aliphatic rings. The summed E-state index contributed by atoms with van der Waals surface area (Å²) in [6.45, 7) is 22.3. The van der Waals surface area contributed by atoms with Crippen molar-refractivity contribution >= 4 is 5.97 Å². The van der Waals surface area contributed by atoms with E-state index >= 15 is 0 Å². The fourth-order valence-electron chi connectivity index (χ4n) is 11.7. The summed E-state index contributed by atoms with van der Waals surface area (Å²) in [6.07, 6.45) is 15.1. The van der Waals surface area contributed by atoms with Crippen LogP contribution in [0.2, 0.25) is 0 Å². The molecule has 5 fully saturated rings. The Kier molecular flexibility index (Phi) is 5.55. The van der Waals surface area contributed by atoms with Crippen LogP contribution in [0.5, 0.6) is 0 Å². The number of carbonyl (C=O) groups is 1. The highest BCUT2D eigenvalue weighted by atomic mass is 16.5. The molecule has 34 heavy (non-hydrogen) atoms. The molecule has 194 valence electrons. The van der Waals surface area contributed by atoms with E-state index in [0.717, 1.165) is 24.2 Å². The van der Waals surface area contributed by atoms with Gasteiger partial charge in [0.2, 0.25) is 0 Å². The molecule has 0 radical (unpaired) electrons. The zero-order chi connectivity index (χ0) is 24.9. The Morgan fingerprint density at radius 1 is 0.676 bits per heavy atom. The lowest BCUT2D eigenvalue weighted by molar-refractivity contribution is -0.254. The van der Waals surface area contributed by atoms with Crippen molar-refractivity contribution in [1.29, 1.82) is 0 Å². The van der Waals surface area contributed by atoms with Gasteiger partial charge in [-0.2, -0.15) is 0 Å². The van der Waals surface area contributed by atoms with Gasteiger partial charge >= 0.3 is 5.97 Å². The summed E-state index contributed by atoms with van der Waals surface area (Å²) in [7, 11) is 0. The first-order valence-electron chi connectivity index (χ1n) is 14.8. The van der Waals surface area contributed by atoms with E-state index in [9.17, 15) is 4.79 Å². The van der Waals surface area contributed by atoms with Gasteiger partial charge in [0.1, 0.15) is 6.10 Å².